The van der Waals surface area contributed by atoms with Crippen LogP contribution < -0.4 is 16.4 Å². The van der Waals surface area contributed by atoms with Crippen LogP contribution in [0.1, 0.15) is 37.3 Å². The Balaban J connectivity index is 1.86. The molecule has 3 heteroatoms. The Kier molecular flexibility index (Phi) is 10.0. The van der Waals surface area contributed by atoms with E-state index in [1.54, 1.807) is 0 Å². The van der Waals surface area contributed by atoms with E-state index in [1.807, 2.05) is 0 Å². The summed E-state index contributed by atoms with van der Waals surface area (Å²) in [5.41, 5.74) is 8.74. The summed E-state index contributed by atoms with van der Waals surface area (Å²) in [6, 6.07) is 22.1. The smallest absolute Gasteiger partial charge is 0.0232 e. The molecule has 0 heterocycles. The average Bonchev–Trinajstić information content (AvgIpc) is 2.69. The number of nitrogens with one attached hydrogen (secondary N) is 2. The summed E-state index contributed by atoms with van der Waals surface area (Å²) >= 11 is 0. The molecule has 0 saturated heterocycles. The van der Waals surface area contributed by atoms with Crippen LogP contribution in [0.5, 0.6) is 0 Å². The van der Waals surface area contributed by atoms with E-state index < -0.39 is 0 Å². The Morgan fingerprint density at radius 1 is 0.769 bits per heavy atom. The van der Waals surface area contributed by atoms with Crippen molar-refractivity contribution in [2.24, 2.45) is 5.73 Å². The van der Waals surface area contributed by atoms with Crippen LogP contribution in [0, 0.1) is 0 Å². The quantitative estimate of drug-likeness (QED) is 0.483. The van der Waals surface area contributed by atoms with E-state index in [9.17, 15) is 0 Å². The van der Waals surface area contributed by atoms with Gasteiger partial charge in [-0.15, -0.1) is 0 Å². The third-order valence-corrected chi connectivity index (χ3v) is 4.80. The Morgan fingerprint density at radius 3 is 1.88 bits per heavy atom. The van der Waals surface area contributed by atoms with Gasteiger partial charge in [-0.3, -0.25) is 0 Å². The van der Waals surface area contributed by atoms with Crippen molar-refractivity contribution in [3.8, 4) is 0 Å². The fourth-order valence-corrected chi connectivity index (χ4v) is 3.24. The van der Waals surface area contributed by atoms with E-state index in [-0.39, 0.29) is 0 Å². The van der Waals surface area contributed by atoms with Gasteiger partial charge in [0.15, 0.2) is 0 Å². The molecule has 2 rings (SSSR count). The van der Waals surface area contributed by atoms with Gasteiger partial charge in [-0.1, -0.05) is 80.4 Å². The van der Waals surface area contributed by atoms with Crippen molar-refractivity contribution in [1.29, 1.82) is 0 Å². The molecule has 0 aliphatic rings. The van der Waals surface area contributed by atoms with Crippen LogP contribution in [0.25, 0.3) is 0 Å². The number of nitrogens with two attached hydrogens (primary N) is 1. The maximum Gasteiger partial charge on any atom is 0.0232 e. The molecule has 2 aromatic carbocycles. The first-order chi connectivity index (χ1) is 12.8. The van der Waals surface area contributed by atoms with Crippen molar-refractivity contribution < 1.29 is 0 Å². The summed E-state index contributed by atoms with van der Waals surface area (Å²) in [7, 11) is 0. The van der Waals surface area contributed by atoms with Gasteiger partial charge in [-0.05, 0) is 36.9 Å². The van der Waals surface area contributed by atoms with Gasteiger partial charge >= 0.3 is 0 Å². The molecule has 0 radical (unpaired) electrons. The maximum atomic E-state index is 6.02. The first-order valence-electron chi connectivity index (χ1n) is 10.1. The minimum Gasteiger partial charge on any atom is -0.329 e. The average molecular weight is 354 g/mol. The summed E-state index contributed by atoms with van der Waals surface area (Å²) in [5.74, 6) is 0. The maximum absolute atomic E-state index is 6.02. The fourth-order valence-electron chi connectivity index (χ4n) is 3.24. The standard InChI is InChI=1S/C23H35N3/c1-2-3-10-15-25-23(17-21-13-8-5-9-14-21)19-26-22(18-24)16-20-11-6-4-7-12-20/h4-9,11-14,22-23,25-26H,2-3,10,15-19,24H2,1H3. The van der Waals surface area contributed by atoms with E-state index in [0.29, 0.717) is 18.6 Å². The van der Waals surface area contributed by atoms with Crippen molar-refractivity contribution in [1.82, 2.24) is 10.6 Å². The van der Waals surface area contributed by atoms with Gasteiger partial charge in [0.2, 0.25) is 0 Å². The van der Waals surface area contributed by atoms with Crippen LogP contribution in [0.3, 0.4) is 0 Å². The van der Waals surface area contributed by atoms with Crippen LogP contribution in [0.15, 0.2) is 60.7 Å². The third kappa shape index (κ3) is 8.13. The van der Waals surface area contributed by atoms with E-state index in [2.05, 4.69) is 78.2 Å². The van der Waals surface area contributed by atoms with Gasteiger partial charge in [0.25, 0.3) is 0 Å². The molecule has 0 aliphatic carbocycles. The lowest BCUT2D eigenvalue weighted by Crippen LogP contribution is -2.47. The number of hydrogen-bond donors (Lipinski definition) is 3. The van der Waals surface area contributed by atoms with Crippen LogP contribution >= 0.6 is 0 Å². The number of rotatable bonds is 13. The van der Waals surface area contributed by atoms with Crippen molar-refractivity contribution in [3.63, 3.8) is 0 Å². The zero-order valence-electron chi connectivity index (χ0n) is 16.2. The molecule has 0 bridgehead atoms. The van der Waals surface area contributed by atoms with E-state index >= 15 is 0 Å². The van der Waals surface area contributed by atoms with Crippen molar-refractivity contribution in [2.45, 2.75) is 51.1 Å². The predicted molar refractivity (Wildman–Crippen MR) is 112 cm³/mol. The zero-order chi connectivity index (χ0) is 18.5. The third-order valence-electron chi connectivity index (χ3n) is 4.80. The van der Waals surface area contributed by atoms with Crippen LogP contribution in [0.2, 0.25) is 0 Å². The SMILES string of the molecule is CCCCCNC(CNC(CN)Cc1ccccc1)Cc1ccccc1. The summed E-state index contributed by atoms with van der Waals surface area (Å²) in [6.07, 6.45) is 5.81. The lowest BCUT2D eigenvalue weighted by atomic mass is 10.0. The molecule has 142 valence electrons. The van der Waals surface area contributed by atoms with Gasteiger partial charge < -0.3 is 16.4 Å². The molecule has 26 heavy (non-hydrogen) atoms. The number of hydrogen-bond acceptors (Lipinski definition) is 3. The molecule has 3 nitrogen and oxygen atoms in total. The predicted octanol–water partition coefficient (Wildman–Crippen LogP) is 3.54. The highest BCUT2D eigenvalue weighted by molar-refractivity contribution is 5.17. The van der Waals surface area contributed by atoms with Gasteiger partial charge in [0.05, 0.1) is 0 Å². The molecule has 2 aromatic rings. The first kappa shape index (κ1) is 20.6. The van der Waals surface area contributed by atoms with E-state index in [1.165, 1.54) is 30.4 Å². The largest absolute Gasteiger partial charge is 0.329 e. The van der Waals surface area contributed by atoms with Gasteiger partial charge in [0, 0.05) is 25.2 Å². The van der Waals surface area contributed by atoms with E-state index in [0.717, 1.165) is 25.9 Å². The molecular weight excluding hydrogens is 318 g/mol. The normalized spacial score (nSPS) is 13.5. The van der Waals surface area contributed by atoms with Gasteiger partial charge in [-0.2, -0.15) is 0 Å². The molecule has 0 fully saturated rings. The highest BCUT2D eigenvalue weighted by atomic mass is 15.0. The highest BCUT2D eigenvalue weighted by Crippen LogP contribution is 2.06. The summed E-state index contributed by atoms with van der Waals surface area (Å²) < 4.78 is 0. The lowest BCUT2D eigenvalue weighted by Gasteiger charge is -2.24. The molecule has 2 unspecified atom stereocenters. The van der Waals surface area contributed by atoms with Crippen LogP contribution in [-0.4, -0.2) is 31.7 Å². The highest BCUT2D eigenvalue weighted by Gasteiger charge is 2.13. The number of benzene rings is 2. The molecule has 0 aliphatic heterocycles. The van der Waals surface area contributed by atoms with E-state index in [4.69, 9.17) is 5.73 Å². The summed E-state index contributed by atoms with van der Waals surface area (Å²) in [5, 5.41) is 7.43. The fraction of sp³-hybridized carbons (Fsp3) is 0.478. The van der Waals surface area contributed by atoms with Crippen LogP contribution in [-0.2, 0) is 12.8 Å². The van der Waals surface area contributed by atoms with Crippen molar-refractivity contribution in [2.75, 3.05) is 19.6 Å². The van der Waals surface area contributed by atoms with Crippen LogP contribution in [0.4, 0.5) is 0 Å². The second-order valence-electron chi connectivity index (χ2n) is 7.08. The monoisotopic (exact) mass is 353 g/mol. The van der Waals surface area contributed by atoms with Gasteiger partial charge in [-0.25, -0.2) is 0 Å². The lowest BCUT2D eigenvalue weighted by molar-refractivity contribution is 0.422. The topological polar surface area (TPSA) is 50.1 Å². The second kappa shape index (κ2) is 12.6. The molecular formula is C23H35N3. The Bertz CT molecular complexity index is 571. The second-order valence-corrected chi connectivity index (χ2v) is 7.08. The summed E-state index contributed by atoms with van der Waals surface area (Å²) in [4.78, 5) is 0. The zero-order valence-corrected chi connectivity index (χ0v) is 16.2. The Labute approximate surface area is 159 Å². The molecule has 0 spiro atoms. The molecule has 0 amide bonds. The molecule has 4 N–H and O–H groups in total. The molecule has 0 saturated carbocycles. The molecule has 2 atom stereocenters. The Hall–Kier alpha value is -1.68. The van der Waals surface area contributed by atoms with Crippen molar-refractivity contribution >= 4 is 0 Å². The first-order valence-corrected chi connectivity index (χ1v) is 10.1. The Morgan fingerprint density at radius 2 is 1.35 bits per heavy atom. The number of unbranched alkanes of at least 4 members (excludes halogenated alkanes) is 2. The minimum atomic E-state index is 0.313. The molecule has 0 aromatic heterocycles. The van der Waals surface area contributed by atoms with Crippen molar-refractivity contribution in [3.05, 3.63) is 71.8 Å². The minimum absolute atomic E-state index is 0.313. The van der Waals surface area contributed by atoms with Gasteiger partial charge in [0.1, 0.15) is 0 Å². The summed E-state index contributed by atoms with van der Waals surface area (Å²) in [6.45, 7) is 4.93.